The fourth-order valence-electron chi connectivity index (χ4n) is 2.33. The van der Waals surface area contributed by atoms with Crippen molar-refractivity contribution in [3.63, 3.8) is 0 Å². The molecule has 0 saturated heterocycles. The van der Waals surface area contributed by atoms with Gasteiger partial charge in [0.2, 0.25) is 0 Å². The molecule has 0 N–H and O–H groups in total. The number of nitro benzene ring substituents is 3. The molecule has 2 aromatic carbocycles. The van der Waals surface area contributed by atoms with Crippen LogP contribution in [0.4, 0.5) is 17.1 Å². The van der Waals surface area contributed by atoms with Crippen LogP contribution in [0.25, 0.3) is 23.3 Å². The van der Waals surface area contributed by atoms with E-state index in [-0.39, 0.29) is 5.56 Å². The van der Waals surface area contributed by atoms with E-state index in [2.05, 4.69) is 10.3 Å². The molecule has 1 heterocycles. The lowest BCUT2D eigenvalue weighted by molar-refractivity contribution is -0.403. The van der Waals surface area contributed by atoms with Crippen LogP contribution in [0.3, 0.4) is 0 Å². The van der Waals surface area contributed by atoms with Gasteiger partial charge in [-0.25, -0.2) is 4.68 Å². The number of rotatable bonds is 5. The molecule has 0 saturated carbocycles. The zero-order valence-corrected chi connectivity index (χ0v) is 12.8. The maximum absolute atomic E-state index is 11.2. The number of para-hydroxylation sites is 1. The Morgan fingerprint density at radius 3 is 2.12 bits per heavy atom. The fourth-order valence-corrected chi connectivity index (χ4v) is 2.33. The number of fused-ring (bicyclic) bond motifs is 1. The van der Waals surface area contributed by atoms with E-state index in [1.54, 1.807) is 24.3 Å². The Labute approximate surface area is 143 Å². The number of aromatic nitrogens is 3. The molecule has 0 spiro atoms. The average molecular weight is 356 g/mol. The van der Waals surface area contributed by atoms with E-state index in [4.69, 9.17) is 0 Å². The Kier molecular flexibility index (Phi) is 4.06. The molecule has 12 nitrogen and oxygen atoms in total. The number of non-ortho nitro benzene ring substituents is 1. The number of benzene rings is 2. The van der Waals surface area contributed by atoms with Crippen LogP contribution < -0.4 is 0 Å². The minimum Gasteiger partial charge on any atom is -0.258 e. The summed E-state index contributed by atoms with van der Waals surface area (Å²) in [6, 6.07) is 8.21. The standard InChI is InChI=1S/C14H8N6O6/c21-18(22)9-7-13(19(23)24)10(14(8-9)20(25)26)5-6-17-12-4-2-1-3-11(12)15-16-17/h1-8H. The van der Waals surface area contributed by atoms with Gasteiger partial charge in [0, 0.05) is 6.20 Å². The molecule has 0 bridgehead atoms. The third-order valence-electron chi connectivity index (χ3n) is 3.49. The van der Waals surface area contributed by atoms with E-state index in [0.717, 1.165) is 6.08 Å². The molecule has 1 aromatic heterocycles. The van der Waals surface area contributed by atoms with Crippen LogP contribution in [0, 0.1) is 30.3 Å². The largest absolute Gasteiger partial charge is 0.290 e. The second-order valence-corrected chi connectivity index (χ2v) is 5.01. The average Bonchev–Trinajstić information content (AvgIpc) is 3.02. The van der Waals surface area contributed by atoms with Crippen molar-refractivity contribution in [2.24, 2.45) is 0 Å². The molecular formula is C14H8N6O6. The van der Waals surface area contributed by atoms with Crippen LogP contribution >= 0.6 is 0 Å². The molecule has 0 unspecified atom stereocenters. The summed E-state index contributed by atoms with van der Waals surface area (Å²) in [7, 11) is 0. The zero-order valence-electron chi connectivity index (χ0n) is 12.8. The van der Waals surface area contributed by atoms with Crippen molar-refractivity contribution in [3.05, 3.63) is 72.3 Å². The Morgan fingerprint density at radius 1 is 0.923 bits per heavy atom. The van der Waals surface area contributed by atoms with Gasteiger partial charge in [-0.1, -0.05) is 17.3 Å². The van der Waals surface area contributed by atoms with Crippen molar-refractivity contribution in [3.8, 4) is 0 Å². The van der Waals surface area contributed by atoms with E-state index < -0.39 is 31.8 Å². The van der Waals surface area contributed by atoms with E-state index in [1.165, 1.54) is 10.9 Å². The SMILES string of the molecule is O=[N+]([O-])c1cc([N+](=O)[O-])c(C=Cn2nnc3ccccc32)c([N+](=O)[O-])c1. The van der Waals surface area contributed by atoms with Gasteiger partial charge in [-0.3, -0.25) is 30.3 Å². The lowest BCUT2D eigenvalue weighted by Gasteiger charge is -2.01. The first kappa shape index (κ1) is 16.6. The molecule has 12 heteroatoms. The molecule has 0 aliphatic carbocycles. The molecule has 0 amide bonds. The number of nitrogens with zero attached hydrogens (tertiary/aromatic N) is 6. The van der Waals surface area contributed by atoms with Crippen molar-refractivity contribution >= 4 is 40.4 Å². The van der Waals surface area contributed by atoms with Gasteiger partial charge in [-0.2, -0.15) is 0 Å². The summed E-state index contributed by atoms with van der Waals surface area (Å²) in [6.45, 7) is 0. The van der Waals surface area contributed by atoms with Gasteiger partial charge >= 0.3 is 0 Å². The highest BCUT2D eigenvalue weighted by Crippen LogP contribution is 2.34. The van der Waals surface area contributed by atoms with Gasteiger partial charge in [-0.05, 0) is 18.2 Å². The number of hydrogen-bond donors (Lipinski definition) is 0. The minimum absolute atomic E-state index is 0.384. The summed E-state index contributed by atoms with van der Waals surface area (Å²) in [6.07, 6.45) is 2.36. The second-order valence-electron chi connectivity index (χ2n) is 5.01. The van der Waals surface area contributed by atoms with Crippen LogP contribution in [0.5, 0.6) is 0 Å². The lowest BCUT2D eigenvalue weighted by Crippen LogP contribution is -2.00. The molecule has 0 atom stereocenters. The molecule has 0 radical (unpaired) electrons. The van der Waals surface area contributed by atoms with E-state index in [0.29, 0.717) is 23.2 Å². The van der Waals surface area contributed by atoms with Crippen molar-refractivity contribution in [2.75, 3.05) is 0 Å². The maximum atomic E-state index is 11.2. The van der Waals surface area contributed by atoms with E-state index >= 15 is 0 Å². The first-order chi connectivity index (χ1) is 12.4. The van der Waals surface area contributed by atoms with Gasteiger partial charge in [0.15, 0.2) is 0 Å². The highest BCUT2D eigenvalue weighted by atomic mass is 16.6. The van der Waals surface area contributed by atoms with E-state index in [9.17, 15) is 30.3 Å². The van der Waals surface area contributed by atoms with Crippen molar-refractivity contribution in [1.29, 1.82) is 0 Å². The summed E-state index contributed by atoms with van der Waals surface area (Å²) in [4.78, 5) is 30.6. The Hall–Kier alpha value is -4.22. The molecular weight excluding hydrogens is 348 g/mol. The third kappa shape index (κ3) is 2.93. The van der Waals surface area contributed by atoms with Crippen molar-refractivity contribution in [2.45, 2.75) is 0 Å². The number of nitro groups is 3. The monoisotopic (exact) mass is 356 g/mol. The van der Waals surface area contributed by atoms with Crippen molar-refractivity contribution < 1.29 is 14.8 Å². The van der Waals surface area contributed by atoms with Gasteiger partial charge in [0.05, 0.1) is 32.4 Å². The molecule has 130 valence electrons. The van der Waals surface area contributed by atoms with Gasteiger partial charge < -0.3 is 0 Å². The predicted octanol–water partition coefficient (Wildman–Crippen LogP) is 2.78. The topological polar surface area (TPSA) is 160 Å². The molecule has 0 aliphatic heterocycles. The summed E-state index contributed by atoms with van der Waals surface area (Å²) >= 11 is 0. The van der Waals surface area contributed by atoms with Crippen LogP contribution in [0.1, 0.15) is 5.56 Å². The Bertz CT molecular complexity index is 1050. The summed E-state index contributed by atoms with van der Waals surface area (Å²) in [5.41, 5.74) is -1.50. The smallest absolute Gasteiger partial charge is 0.258 e. The van der Waals surface area contributed by atoms with Crippen LogP contribution in [0.2, 0.25) is 0 Å². The minimum atomic E-state index is -0.932. The van der Waals surface area contributed by atoms with Crippen LogP contribution in [-0.2, 0) is 0 Å². The van der Waals surface area contributed by atoms with Crippen LogP contribution in [-0.4, -0.2) is 29.8 Å². The van der Waals surface area contributed by atoms with E-state index in [1.807, 2.05) is 0 Å². The fraction of sp³-hybridized carbons (Fsp3) is 0. The van der Waals surface area contributed by atoms with Gasteiger partial charge in [-0.15, -0.1) is 5.10 Å². The lowest BCUT2D eigenvalue weighted by atomic mass is 10.1. The first-order valence-electron chi connectivity index (χ1n) is 6.98. The van der Waals surface area contributed by atoms with Crippen LogP contribution in [0.15, 0.2) is 36.4 Å². The zero-order chi connectivity index (χ0) is 18.8. The number of hydrogen-bond acceptors (Lipinski definition) is 8. The van der Waals surface area contributed by atoms with Crippen molar-refractivity contribution in [1.82, 2.24) is 15.0 Å². The van der Waals surface area contributed by atoms with Gasteiger partial charge in [0.25, 0.3) is 17.1 Å². The molecule has 26 heavy (non-hydrogen) atoms. The first-order valence-corrected chi connectivity index (χ1v) is 6.98. The second kappa shape index (κ2) is 6.35. The highest BCUT2D eigenvalue weighted by Gasteiger charge is 2.28. The molecule has 0 fully saturated rings. The molecule has 3 aromatic rings. The molecule has 3 rings (SSSR count). The summed E-state index contributed by atoms with van der Waals surface area (Å²) in [5, 5.41) is 41.1. The molecule has 0 aliphatic rings. The third-order valence-corrected chi connectivity index (χ3v) is 3.49. The Morgan fingerprint density at radius 2 is 1.54 bits per heavy atom. The summed E-state index contributed by atoms with van der Waals surface area (Å²) < 4.78 is 1.28. The Balaban J connectivity index is 2.18. The normalized spacial score (nSPS) is 11.1. The predicted molar refractivity (Wildman–Crippen MR) is 89.2 cm³/mol. The summed E-state index contributed by atoms with van der Waals surface area (Å²) in [5.74, 6) is 0. The van der Waals surface area contributed by atoms with Gasteiger partial charge in [0.1, 0.15) is 11.1 Å². The highest BCUT2D eigenvalue weighted by molar-refractivity contribution is 5.81. The quantitative estimate of drug-likeness (QED) is 0.498. The maximum Gasteiger partial charge on any atom is 0.290 e.